The summed E-state index contributed by atoms with van der Waals surface area (Å²) in [6.45, 7) is 4.55. The van der Waals surface area contributed by atoms with E-state index in [1.54, 1.807) is 13.1 Å². The number of fused-ring (bicyclic) bond motifs is 1. The van der Waals surface area contributed by atoms with Crippen molar-refractivity contribution in [2.24, 2.45) is 4.99 Å². The summed E-state index contributed by atoms with van der Waals surface area (Å²) < 4.78 is 24.8. The maximum absolute atomic E-state index is 13.2. The van der Waals surface area contributed by atoms with Crippen LogP contribution in [0.1, 0.15) is 23.1 Å². The van der Waals surface area contributed by atoms with Crippen molar-refractivity contribution < 1.29 is 13.9 Å². The molecule has 0 amide bonds. The highest BCUT2D eigenvalue weighted by atomic mass is 127. The third-order valence-corrected chi connectivity index (χ3v) is 4.51. The first-order valence-electron chi connectivity index (χ1n) is 9.24. The van der Waals surface area contributed by atoms with Gasteiger partial charge in [-0.2, -0.15) is 0 Å². The van der Waals surface area contributed by atoms with Gasteiger partial charge in [0.15, 0.2) is 17.5 Å². The number of benzene rings is 2. The molecule has 3 rings (SSSR count). The summed E-state index contributed by atoms with van der Waals surface area (Å²) >= 11 is 0. The largest absolute Gasteiger partial charge is 0.490 e. The van der Waals surface area contributed by atoms with Gasteiger partial charge in [0, 0.05) is 32.1 Å². The molecule has 0 aliphatic carbocycles. The first-order chi connectivity index (χ1) is 13.2. The van der Waals surface area contributed by atoms with Crippen LogP contribution in [0.4, 0.5) is 4.39 Å². The van der Waals surface area contributed by atoms with Crippen LogP contribution in [0.3, 0.4) is 0 Å². The van der Waals surface area contributed by atoms with Crippen molar-refractivity contribution in [3.05, 3.63) is 58.9 Å². The van der Waals surface area contributed by atoms with Gasteiger partial charge in [0.05, 0.1) is 13.2 Å². The molecule has 0 unspecified atom stereocenters. The fourth-order valence-electron chi connectivity index (χ4n) is 3.05. The molecule has 5 nitrogen and oxygen atoms in total. The van der Waals surface area contributed by atoms with Gasteiger partial charge < -0.3 is 20.1 Å². The highest BCUT2D eigenvalue weighted by Gasteiger charge is 2.14. The molecule has 152 valence electrons. The van der Waals surface area contributed by atoms with E-state index >= 15 is 0 Å². The molecule has 28 heavy (non-hydrogen) atoms. The van der Waals surface area contributed by atoms with Gasteiger partial charge in [-0.25, -0.2) is 4.39 Å². The molecule has 2 aromatic rings. The molecule has 2 aromatic carbocycles. The highest BCUT2D eigenvalue weighted by molar-refractivity contribution is 14.0. The first-order valence-corrected chi connectivity index (χ1v) is 9.24. The zero-order valence-corrected chi connectivity index (χ0v) is 18.6. The molecule has 0 aromatic heterocycles. The second-order valence-electron chi connectivity index (χ2n) is 6.47. The number of para-hydroxylation sites is 1. The Morgan fingerprint density at radius 1 is 1.11 bits per heavy atom. The van der Waals surface area contributed by atoms with Crippen molar-refractivity contribution >= 4 is 29.9 Å². The van der Waals surface area contributed by atoms with Crippen LogP contribution in [0.2, 0.25) is 0 Å². The Bertz CT molecular complexity index is 814. The third-order valence-electron chi connectivity index (χ3n) is 4.51. The number of guanidine groups is 1. The number of hydrogen-bond acceptors (Lipinski definition) is 3. The van der Waals surface area contributed by atoms with Crippen molar-refractivity contribution in [1.82, 2.24) is 10.6 Å². The Balaban J connectivity index is 0.00000280. The molecular weight excluding hydrogens is 472 g/mol. The zero-order chi connectivity index (χ0) is 19.1. The molecule has 0 atom stereocenters. The summed E-state index contributed by atoms with van der Waals surface area (Å²) in [5.41, 5.74) is 3.12. The van der Waals surface area contributed by atoms with E-state index in [1.165, 1.54) is 6.07 Å². The molecule has 0 fully saturated rings. The van der Waals surface area contributed by atoms with Crippen LogP contribution < -0.4 is 20.1 Å². The van der Waals surface area contributed by atoms with E-state index in [9.17, 15) is 4.39 Å². The van der Waals surface area contributed by atoms with Gasteiger partial charge in [0.1, 0.15) is 5.82 Å². The lowest BCUT2D eigenvalue weighted by atomic mass is 10.1. The molecule has 2 N–H and O–H groups in total. The number of hydrogen-bond donors (Lipinski definition) is 2. The molecule has 1 aliphatic rings. The fraction of sp³-hybridized carbons (Fsp3) is 0.381. The Morgan fingerprint density at radius 2 is 1.93 bits per heavy atom. The monoisotopic (exact) mass is 499 g/mol. The van der Waals surface area contributed by atoms with E-state index in [4.69, 9.17) is 9.47 Å². The number of halogens is 2. The standard InChI is InChI=1S/C21H26FN3O2.HI/c1-15-13-18(22)8-7-16(15)9-10-24-21(23-2)25-14-17-5-3-6-19-20(17)27-12-4-11-26-19;/h3,5-8,13H,4,9-12,14H2,1-2H3,(H2,23,24,25);1H. The van der Waals surface area contributed by atoms with E-state index < -0.39 is 0 Å². The predicted octanol–water partition coefficient (Wildman–Crippen LogP) is 3.82. The summed E-state index contributed by atoms with van der Waals surface area (Å²) in [5.74, 6) is 2.11. The second-order valence-corrected chi connectivity index (χ2v) is 6.47. The lowest BCUT2D eigenvalue weighted by Gasteiger charge is -2.15. The van der Waals surface area contributed by atoms with Gasteiger partial charge in [-0.15, -0.1) is 24.0 Å². The van der Waals surface area contributed by atoms with Gasteiger partial charge in [-0.1, -0.05) is 18.2 Å². The van der Waals surface area contributed by atoms with Crippen molar-refractivity contribution in [3.63, 3.8) is 0 Å². The number of nitrogens with zero attached hydrogens (tertiary/aromatic N) is 1. The van der Waals surface area contributed by atoms with Crippen LogP contribution in [0.25, 0.3) is 0 Å². The number of aliphatic imine (C=N–C) groups is 1. The van der Waals surface area contributed by atoms with Crippen LogP contribution in [-0.2, 0) is 13.0 Å². The van der Waals surface area contributed by atoms with Crippen molar-refractivity contribution in [2.75, 3.05) is 26.8 Å². The Hall–Kier alpha value is -2.03. The first kappa shape index (κ1) is 22.3. The van der Waals surface area contributed by atoms with E-state index in [0.29, 0.717) is 32.3 Å². The second kappa shape index (κ2) is 11.1. The molecule has 1 heterocycles. The van der Waals surface area contributed by atoms with Gasteiger partial charge in [0.25, 0.3) is 0 Å². The normalized spacial score (nSPS) is 13.3. The smallest absolute Gasteiger partial charge is 0.191 e. The van der Waals surface area contributed by atoms with E-state index in [1.807, 2.05) is 31.2 Å². The maximum atomic E-state index is 13.2. The Kier molecular flexibility index (Phi) is 8.82. The quantitative estimate of drug-likeness (QED) is 0.373. The van der Waals surface area contributed by atoms with Crippen LogP contribution in [-0.4, -0.2) is 32.8 Å². The van der Waals surface area contributed by atoms with E-state index in [2.05, 4.69) is 15.6 Å². The minimum absolute atomic E-state index is 0. The number of nitrogens with one attached hydrogen (secondary N) is 2. The number of aryl methyl sites for hydroxylation is 1. The van der Waals surface area contributed by atoms with E-state index in [0.717, 1.165) is 41.0 Å². The Labute approximate surface area is 182 Å². The lowest BCUT2D eigenvalue weighted by Crippen LogP contribution is -2.38. The molecule has 0 spiro atoms. The zero-order valence-electron chi connectivity index (χ0n) is 16.3. The number of rotatable bonds is 5. The third kappa shape index (κ3) is 5.98. The summed E-state index contributed by atoms with van der Waals surface area (Å²) in [5, 5.41) is 6.61. The number of ether oxygens (including phenoxy) is 2. The minimum atomic E-state index is -0.199. The minimum Gasteiger partial charge on any atom is -0.490 e. The van der Waals surface area contributed by atoms with E-state index in [-0.39, 0.29) is 29.8 Å². The van der Waals surface area contributed by atoms with Crippen molar-refractivity contribution in [1.29, 1.82) is 0 Å². The lowest BCUT2D eigenvalue weighted by molar-refractivity contribution is 0.296. The van der Waals surface area contributed by atoms with Crippen LogP contribution in [0.15, 0.2) is 41.4 Å². The summed E-state index contributed by atoms with van der Waals surface area (Å²) in [4.78, 5) is 4.26. The van der Waals surface area contributed by atoms with Crippen molar-refractivity contribution in [2.45, 2.75) is 26.3 Å². The fourth-order valence-corrected chi connectivity index (χ4v) is 3.05. The average Bonchev–Trinajstić information content (AvgIpc) is 2.92. The molecule has 1 aliphatic heterocycles. The van der Waals surface area contributed by atoms with Gasteiger partial charge >= 0.3 is 0 Å². The predicted molar refractivity (Wildman–Crippen MR) is 121 cm³/mol. The van der Waals surface area contributed by atoms with Crippen LogP contribution >= 0.6 is 24.0 Å². The SMILES string of the molecule is CN=C(NCCc1ccc(F)cc1C)NCc1cccc2c1OCCCO2.I. The van der Waals surface area contributed by atoms with Gasteiger partial charge in [0.2, 0.25) is 0 Å². The van der Waals surface area contributed by atoms with Crippen LogP contribution in [0, 0.1) is 12.7 Å². The molecule has 0 saturated heterocycles. The maximum Gasteiger partial charge on any atom is 0.191 e. The topological polar surface area (TPSA) is 54.9 Å². The average molecular weight is 499 g/mol. The molecular formula is C21H27FIN3O2. The van der Waals surface area contributed by atoms with Gasteiger partial charge in [-0.05, 0) is 42.7 Å². The molecule has 0 saturated carbocycles. The summed E-state index contributed by atoms with van der Waals surface area (Å²) in [7, 11) is 1.74. The highest BCUT2D eigenvalue weighted by Crippen LogP contribution is 2.33. The summed E-state index contributed by atoms with van der Waals surface area (Å²) in [6.07, 6.45) is 1.68. The molecule has 0 bridgehead atoms. The molecule has 7 heteroatoms. The molecule has 0 radical (unpaired) electrons. The van der Waals surface area contributed by atoms with Gasteiger partial charge in [-0.3, -0.25) is 4.99 Å². The Morgan fingerprint density at radius 3 is 2.71 bits per heavy atom. The summed E-state index contributed by atoms with van der Waals surface area (Å²) in [6, 6.07) is 10.8. The van der Waals surface area contributed by atoms with Crippen LogP contribution in [0.5, 0.6) is 11.5 Å². The van der Waals surface area contributed by atoms with Crippen molar-refractivity contribution in [3.8, 4) is 11.5 Å².